The van der Waals surface area contributed by atoms with Gasteiger partial charge in [-0.2, -0.15) is 0 Å². The molecule has 1 heterocycles. The molecule has 2 aromatic rings. The smallest absolute Gasteiger partial charge is 0.200 e. The molecule has 0 aliphatic carbocycles. The first kappa shape index (κ1) is 14.7. The number of aliphatic hydroxyl groups excluding tert-OH is 1. The molecule has 0 spiro atoms. The van der Waals surface area contributed by atoms with E-state index in [0.717, 1.165) is 12.3 Å². The van der Waals surface area contributed by atoms with Crippen molar-refractivity contribution in [2.75, 3.05) is 0 Å². The molecule has 0 unspecified atom stereocenters. The van der Waals surface area contributed by atoms with Crippen molar-refractivity contribution in [3.05, 3.63) is 52.1 Å². The maximum absolute atomic E-state index is 13.7. The number of aliphatic hydroxyl groups is 1. The molecule has 0 saturated heterocycles. The fourth-order valence-electron chi connectivity index (χ4n) is 1.69. The van der Waals surface area contributed by atoms with E-state index in [1.165, 1.54) is 0 Å². The molecule has 1 aromatic carbocycles. The quantitative estimate of drug-likeness (QED) is 0.398. The lowest BCUT2D eigenvalue weighted by atomic mass is 10.0. The van der Waals surface area contributed by atoms with E-state index in [9.17, 15) is 22.0 Å². The summed E-state index contributed by atoms with van der Waals surface area (Å²) in [5.41, 5.74) is -1.87. The lowest BCUT2D eigenvalue weighted by Crippen LogP contribution is -2.06. The fraction of sp³-hybridized carbons (Fsp3) is 0.0833. The summed E-state index contributed by atoms with van der Waals surface area (Å²) in [4.78, 5) is 3.51. The third kappa shape index (κ3) is 2.12. The maximum atomic E-state index is 13.7. The Kier molecular flexibility index (Phi) is 3.92. The van der Waals surface area contributed by atoms with Crippen LogP contribution in [-0.4, -0.2) is 10.1 Å². The zero-order valence-corrected chi connectivity index (χ0v) is 10.3. The minimum Gasteiger partial charge on any atom is -0.392 e. The predicted octanol–water partition coefficient (Wildman–Crippen LogP) is 3.59. The summed E-state index contributed by atoms with van der Waals surface area (Å²) in [6.45, 7) is -0.711. The number of aromatic nitrogens is 1. The van der Waals surface area contributed by atoms with Gasteiger partial charge in [-0.1, -0.05) is 11.6 Å². The van der Waals surface area contributed by atoms with Crippen LogP contribution in [0.1, 0.15) is 5.56 Å². The average Bonchev–Trinajstić information content (AvgIpc) is 2.44. The number of hydrogen-bond donors (Lipinski definition) is 1. The second-order valence-corrected chi connectivity index (χ2v) is 4.10. The monoisotopic (exact) mass is 309 g/mol. The van der Waals surface area contributed by atoms with Gasteiger partial charge in [-0.3, -0.25) is 0 Å². The van der Waals surface area contributed by atoms with Crippen molar-refractivity contribution >= 4 is 11.6 Å². The van der Waals surface area contributed by atoms with E-state index in [1.807, 2.05) is 0 Å². The van der Waals surface area contributed by atoms with E-state index in [2.05, 4.69) is 4.98 Å². The molecule has 0 amide bonds. The molecule has 8 heteroatoms. The van der Waals surface area contributed by atoms with Gasteiger partial charge in [0.05, 0.1) is 12.2 Å². The van der Waals surface area contributed by atoms with Gasteiger partial charge < -0.3 is 5.11 Å². The molecule has 0 radical (unpaired) electrons. The van der Waals surface area contributed by atoms with Gasteiger partial charge in [0.25, 0.3) is 0 Å². The van der Waals surface area contributed by atoms with Crippen molar-refractivity contribution in [2.45, 2.75) is 6.61 Å². The van der Waals surface area contributed by atoms with E-state index in [0.29, 0.717) is 0 Å². The zero-order valence-electron chi connectivity index (χ0n) is 9.52. The molecule has 0 atom stereocenters. The lowest BCUT2D eigenvalue weighted by molar-refractivity contribution is 0.282. The average molecular weight is 310 g/mol. The Bertz CT molecular complexity index is 663. The van der Waals surface area contributed by atoms with Crippen molar-refractivity contribution < 1.29 is 27.1 Å². The van der Waals surface area contributed by atoms with Crippen LogP contribution >= 0.6 is 11.6 Å². The molecule has 0 saturated carbocycles. The largest absolute Gasteiger partial charge is 0.392 e. The molecule has 0 bridgehead atoms. The summed E-state index contributed by atoms with van der Waals surface area (Å²) in [6, 6.07) is 1.15. The Hall–Kier alpha value is -1.73. The molecule has 0 aliphatic rings. The SMILES string of the molecule is OCc1ccnc(Cl)c1-c1c(F)c(F)c(F)c(F)c1F. The summed E-state index contributed by atoms with van der Waals surface area (Å²) < 4.78 is 66.7. The van der Waals surface area contributed by atoms with Gasteiger partial charge in [0.15, 0.2) is 23.3 Å². The number of hydrogen-bond acceptors (Lipinski definition) is 2. The summed E-state index contributed by atoms with van der Waals surface area (Å²) in [5.74, 6) is -10.5. The summed E-state index contributed by atoms with van der Waals surface area (Å²) in [7, 11) is 0. The van der Waals surface area contributed by atoms with Crippen LogP contribution in [0.25, 0.3) is 11.1 Å². The maximum Gasteiger partial charge on any atom is 0.200 e. The number of nitrogens with zero attached hydrogens (tertiary/aromatic N) is 1. The van der Waals surface area contributed by atoms with Gasteiger partial charge in [0, 0.05) is 11.8 Å². The summed E-state index contributed by atoms with van der Waals surface area (Å²) in [5, 5.41) is 8.60. The van der Waals surface area contributed by atoms with E-state index in [-0.39, 0.29) is 5.56 Å². The lowest BCUT2D eigenvalue weighted by Gasteiger charge is -2.12. The topological polar surface area (TPSA) is 33.1 Å². The van der Waals surface area contributed by atoms with Gasteiger partial charge in [-0.15, -0.1) is 0 Å². The minimum atomic E-state index is -2.27. The molecule has 1 N–H and O–H groups in total. The Morgan fingerprint density at radius 1 is 0.900 bits per heavy atom. The molecular weight excluding hydrogens is 305 g/mol. The normalized spacial score (nSPS) is 10.9. The highest BCUT2D eigenvalue weighted by molar-refractivity contribution is 6.32. The highest BCUT2D eigenvalue weighted by atomic mass is 35.5. The molecule has 20 heavy (non-hydrogen) atoms. The van der Waals surface area contributed by atoms with E-state index in [1.54, 1.807) is 0 Å². The third-order valence-corrected chi connectivity index (χ3v) is 2.91. The van der Waals surface area contributed by atoms with Crippen LogP contribution in [0, 0.1) is 29.1 Å². The van der Waals surface area contributed by atoms with Crippen molar-refractivity contribution in [1.29, 1.82) is 0 Å². The summed E-state index contributed by atoms with van der Waals surface area (Å²) >= 11 is 5.64. The minimum absolute atomic E-state index is 0.117. The van der Waals surface area contributed by atoms with Gasteiger partial charge in [0.2, 0.25) is 5.82 Å². The first-order chi connectivity index (χ1) is 9.40. The molecule has 2 rings (SSSR count). The number of benzene rings is 1. The Morgan fingerprint density at radius 3 is 1.90 bits per heavy atom. The van der Waals surface area contributed by atoms with Crippen LogP contribution in [0.2, 0.25) is 5.15 Å². The molecule has 2 nitrogen and oxygen atoms in total. The highest BCUT2D eigenvalue weighted by Crippen LogP contribution is 2.36. The highest BCUT2D eigenvalue weighted by Gasteiger charge is 2.29. The molecule has 0 aliphatic heterocycles. The fourth-order valence-corrected chi connectivity index (χ4v) is 1.97. The van der Waals surface area contributed by atoms with Crippen LogP contribution in [0.5, 0.6) is 0 Å². The predicted molar refractivity (Wildman–Crippen MR) is 60.4 cm³/mol. The standard InChI is InChI=1S/C12H5ClF5NO/c13-12-5(4(3-20)1-2-19-12)6-7(14)9(16)11(18)10(17)8(6)15/h1-2,20H,3H2. The first-order valence-corrected chi connectivity index (χ1v) is 5.54. The van der Waals surface area contributed by atoms with Crippen LogP contribution in [0.3, 0.4) is 0 Å². The van der Waals surface area contributed by atoms with E-state index < -0.39 is 52.0 Å². The Balaban J connectivity index is 2.91. The second-order valence-electron chi connectivity index (χ2n) is 3.74. The van der Waals surface area contributed by atoms with Gasteiger partial charge >= 0.3 is 0 Å². The molecule has 1 aromatic heterocycles. The molecule has 0 fully saturated rings. The van der Waals surface area contributed by atoms with Crippen molar-refractivity contribution in [3.8, 4) is 11.1 Å². The molecular formula is C12H5ClF5NO. The number of pyridine rings is 1. The molecule has 106 valence electrons. The van der Waals surface area contributed by atoms with Crippen molar-refractivity contribution in [1.82, 2.24) is 4.98 Å². The van der Waals surface area contributed by atoms with Crippen molar-refractivity contribution in [3.63, 3.8) is 0 Å². The van der Waals surface area contributed by atoms with Gasteiger partial charge in [-0.05, 0) is 11.6 Å². The third-order valence-electron chi connectivity index (χ3n) is 2.62. The second kappa shape index (κ2) is 5.34. The number of rotatable bonds is 2. The first-order valence-electron chi connectivity index (χ1n) is 5.16. The zero-order chi connectivity index (χ0) is 15.0. The van der Waals surface area contributed by atoms with Gasteiger partial charge in [-0.25, -0.2) is 26.9 Å². The van der Waals surface area contributed by atoms with Crippen LogP contribution in [-0.2, 0) is 6.61 Å². The van der Waals surface area contributed by atoms with Gasteiger partial charge in [0.1, 0.15) is 5.15 Å². The van der Waals surface area contributed by atoms with E-state index in [4.69, 9.17) is 16.7 Å². The van der Waals surface area contributed by atoms with Crippen LogP contribution < -0.4 is 0 Å². The number of halogens is 6. The summed E-state index contributed by atoms with van der Waals surface area (Å²) in [6.07, 6.45) is 1.13. The van der Waals surface area contributed by atoms with Crippen LogP contribution in [0.4, 0.5) is 22.0 Å². The Morgan fingerprint density at radius 2 is 1.40 bits per heavy atom. The van der Waals surface area contributed by atoms with E-state index >= 15 is 0 Å². The Labute approximate surface area is 114 Å². The van der Waals surface area contributed by atoms with Crippen molar-refractivity contribution in [2.24, 2.45) is 0 Å². The van der Waals surface area contributed by atoms with Crippen LogP contribution in [0.15, 0.2) is 12.3 Å².